The van der Waals surface area contributed by atoms with E-state index >= 15 is 0 Å². The topological polar surface area (TPSA) is 20.2 Å². The Bertz CT molecular complexity index is 230. The Kier molecular flexibility index (Phi) is 6.27. The van der Waals surface area contributed by atoms with Gasteiger partial charge in [0.25, 0.3) is 0 Å². The van der Waals surface area contributed by atoms with E-state index in [0.717, 1.165) is 30.7 Å². The average molecular weight is 196 g/mol. The summed E-state index contributed by atoms with van der Waals surface area (Å²) in [6.07, 6.45) is 0. The van der Waals surface area contributed by atoms with Gasteiger partial charge in [-0.1, -0.05) is 12.5 Å². The van der Waals surface area contributed by atoms with Crippen LogP contribution in [0.25, 0.3) is 0 Å². The lowest BCUT2D eigenvalue weighted by atomic mass is 10.2. The molecule has 0 spiro atoms. The molecule has 0 unspecified atom stereocenters. The molecule has 0 aliphatic rings. The first-order valence-electron chi connectivity index (χ1n) is 5.16. The lowest BCUT2D eigenvalue weighted by molar-refractivity contribution is -0.913. The van der Waals surface area contributed by atoms with Crippen molar-refractivity contribution in [3.8, 4) is 11.8 Å². The van der Waals surface area contributed by atoms with E-state index in [4.69, 9.17) is 5.11 Å². The largest absolute Gasteiger partial charge is 0.384 e. The van der Waals surface area contributed by atoms with Gasteiger partial charge in [-0.15, -0.1) is 0 Å². The Morgan fingerprint density at radius 3 is 2.21 bits per heavy atom. The number of hydrogen-bond donors (Lipinski definition) is 1. The third kappa shape index (κ3) is 4.45. The summed E-state index contributed by atoms with van der Waals surface area (Å²) in [6.45, 7) is 14.2. The van der Waals surface area contributed by atoms with E-state index in [-0.39, 0.29) is 6.61 Å². The number of hydrogen-bond acceptors (Lipinski definition) is 1. The molecular weight excluding hydrogens is 174 g/mol. The number of rotatable bonds is 5. The SMILES string of the molecule is C=C(C)C[N+](CC)(CC)CC#CCO. The van der Waals surface area contributed by atoms with Crippen LogP contribution in [0.5, 0.6) is 0 Å². The third-order valence-electron chi connectivity index (χ3n) is 2.57. The molecule has 0 fully saturated rings. The molecule has 0 aromatic carbocycles. The third-order valence-corrected chi connectivity index (χ3v) is 2.57. The van der Waals surface area contributed by atoms with Crippen molar-refractivity contribution in [1.29, 1.82) is 0 Å². The predicted molar refractivity (Wildman–Crippen MR) is 60.8 cm³/mol. The fourth-order valence-corrected chi connectivity index (χ4v) is 1.58. The van der Waals surface area contributed by atoms with Gasteiger partial charge in [0, 0.05) is 0 Å². The first-order chi connectivity index (χ1) is 6.60. The molecule has 1 N–H and O–H groups in total. The first kappa shape index (κ1) is 13.2. The van der Waals surface area contributed by atoms with Gasteiger partial charge in [-0.3, -0.25) is 0 Å². The van der Waals surface area contributed by atoms with Crippen LogP contribution in [0.2, 0.25) is 0 Å². The monoisotopic (exact) mass is 196 g/mol. The van der Waals surface area contributed by atoms with Crippen molar-refractivity contribution < 1.29 is 9.59 Å². The van der Waals surface area contributed by atoms with E-state index in [1.54, 1.807) is 0 Å². The van der Waals surface area contributed by atoms with Gasteiger partial charge < -0.3 is 9.59 Å². The molecule has 0 heterocycles. The molecule has 0 atom stereocenters. The molecule has 2 heteroatoms. The Balaban J connectivity index is 4.44. The van der Waals surface area contributed by atoms with Crippen LogP contribution in [-0.2, 0) is 0 Å². The average Bonchev–Trinajstić information content (AvgIpc) is 2.16. The fraction of sp³-hybridized carbons (Fsp3) is 0.667. The Labute approximate surface area is 87.8 Å². The number of quaternary nitrogens is 1. The van der Waals surface area contributed by atoms with Crippen LogP contribution in [0.1, 0.15) is 20.8 Å². The summed E-state index contributed by atoms with van der Waals surface area (Å²) in [5.74, 6) is 5.72. The van der Waals surface area contributed by atoms with Gasteiger partial charge >= 0.3 is 0 Å². The van der Waals surface area contributed by atoms with Crippen LogP contribution >= 0.6 is 0 Å². The van der Waals surface area contributed by atoms with Crippen molar-refractivity contribution in [1.82, 2.24) is 0 Å². The Hall–Kier alpha value is -0.780. The van der Waals surface area contributed by atoms with E-state index in [0.29, 0.717) is 0 Å². The Morgan fingerprint density at radius 2 is 1.86 bits per heavy atom. The van der Waals surface area contributed by atoms with Gasteiger partial charge in [-0.05, 0) is 32.3 Å². The maximum atomic E-state index is 8.59. The molecule has 0 aliphatic heterocycles. The smallest absolute Gasteiger partial charge is 0.141 e. The molecule has 0 radical (unpaired) electrons. The van der Waals surface area contributed by atoms with Crippen LogP contribution in [0.4, 0.5) is 0 Å². The van der Waals surface area contributed by atoms with Gasteiger partial charge in [0.2, 0.25) is 0 Å². The lowest BCUT2D eigenvalue weighted by Crippen LogP contribution is -2.49. The summed E-state index contributed by atoms with van der Waals surface area (Å²) < 4.78 is 0.947. The molecular formula is C12H22NO+. The van der Waals surface area contributed by atoms with Crippen molar-refractivity contribution in [3.63, 3.8) is 0 Å². The predicted octanol–water partition coefficient (Wildman–Crippen LogP) is 1.41. The second kappa shape index (κ2) is 6.64. The van der Waals surface area contributed by atoms with E-state index < -0.39 is 0 Å². The maximum absolute atomic E-state index is 8.59. The minimum atomic E-state index is -0.0412. The Morgan fingerprint density at radius 1 is 1.29 bits per heavy atom. The highest BCUT2D eigenvalue weighted by atomic mass is 16.2. The molecule has 80 valence electrons. The van der Waals surface area contributed by atoms with Crippen LogP contribution in [0.15, 0.2) is 12.2 Å². The molecule has 0 bridgehead atoms. The summed E-state index contributed by atoms with van der Waals surface area (Å²) >= 11 is 0. The van der Waals surface area contributed by atoms with E-state index in [9.17, 15) is 0 Å². The molecule has 0 aromatic heterocycles. The molecule has 0 amide bonds. The van der Waals surface area contributed by atoms with Crippen LogP contribution in [0, 0.1) is 11.8 Å². The van der Waals surface area contributed by atoms with Crippen molar-refractivity contribution >= 4 is 0 Å². The summed E-state index contributed by atoms with van der Waals surface area (Å²) in [5, 5.41) is 8.59. The zero-order chi connectivity index (χ0) is 11.0. The molecule has 2 nitrogen and oxygen atoms in total. The van der Waals surface area contributed by atoms with Gasteiger partial charge in [0.05, 0.1) is 13.1 Å². The van der Waals surface area contributed by atoms with E-state index in [2.05, 4.69) is 39.2 Å². The highest BCUT2D eigenvalue weighted by Crippen LogP contribution is 2.08. The highest BCUT2D eigenvalue weighted by Gasteiger charge is 2.21. The van der Waals surface area contributed by atoms with Gasteiger partial charge in [0.15, 0.2) is 0 Å². The van der Waals surface area contributed by atoms with Gasteiger partial charge in [-0.25, -0.2) is 0 Å². The van der Waals surface area contributed by atoms with E-state index in [1.165, 1.54) is 5.57 Å². The minimum absolute atomic E-state index is 0.0412. The van der Waals surface area contributed by atoms with Crippen molar-refractivity contribution in [3.05, 3.63) is 12.2 Å². The number of aliphatic hydroxyl groups excluding tert-OH is 1. The summed E-state index contributed by atoms with van der Waals surface area (Å²) in [5.41, 5.74) is 1.19. The minimum Gasteiger partial charge on any atom is -0.384 e. The lowest BCUT2D eigenvalue weighted by Gasteiger charge is -2.35. The molecule has 14 heavy (non-hydrogen) atoms. The second-order valence-electron chi connectivity index (χ2n) is 3.76. The van der Waals surface area contributed by atoms with Crippen LogP contribution in [0.3, 0.4) is 0 Å². The summed E-state index contributed by atoms with van der Waals surface area (Å²) in [4.78, 5) is 0. The second-order valence-corrected chi connectivity index (χ2v) is 3.76. The standard InChI is InChI=1S/C12H22NO/c1-5-13(6-2,11-12(3)4)9-7-8-10-14/h14H,3,5-6,9-11H2,1-2,4H3/q+1. The molecule has 0 aromatic rings. The highest BCUT2D eigenvalue weighted by molar-refractivity contribution is 4.99. The summed E-state index contributed by atoms with van der Waals surface area (Å²) in [7, 11) is 0. The molecule has 0 saturated heterocycles. The maximum Gasteiger partial charge on any atom is 0.141 e. The zero-order valence-electron chi connectivity index (χ0n) is 9.64. The zero-order valence-corrected chi connectivity index (χ0v) is 9.64. The molecule has 0 aliphatic carbocycles. The molecule has 0 saturated carbocycles. The van der Waals surface area contributed by atoms with Crippen molar-refractivity contribution in [2.75, 3.05) is 32.8 Å². The number of aliphatic hydroxyl groups is 1. The normalized spacial score (nSPS) is 10.6. The van der Waals surface area contributed by atoms with Crippen molar-refractivity contribution in [2.45, 2.75) is 20.8 Å². The van der Waals surface area contributed by atoms with Gasteiger partial charge in [0.1, 0.15) is 19.7 Å². The van der Waals surface area contributed by atoms with Crippen molar-refractivity contribution in [2.24, 2.45) is 0 Å². The van der Waals surface area contributed by atoms with Crippen LogP contribution in [-0.4, -0.2) is 42.4 Å². The van der Waals surface area contributed by atoms with E-state index in [1.807, 2.05) is 0 Å². The number of nitrogens with zero attached hydrogens (tertiary/aromatic N) is 1. The van der Waals surface area contributed by atoms with Crippen LogP contribution < -0.4 is 0 Å². The number of likely N-dealkylation sites (N-methyl/N-ethyl adjacent to an activating group) is 1. The fourth-order valence-electron chi connectivity index (χ4n) is 1.58. The molecule has 0 rings (SSSR count). The van der Waals surface area contributed by atoms with Gasteiger partial charge in [-0.2, -0.15) is 0 Å². The first-order valence-corrected chi connectivity index (χ1v) is 5.16. The summed E-state index contributed by atoms with van der Waals surface area (Å²) in [6, 6.07) is 0. The quantitative estimate of drug-likeness (QED) is 0.400.